The topological polar surface area (TPSA) is 49.3 Å². The highest BCUT2D eigenvalue weighted by Gasteiger charge is 2.07. The third-order valence-electron chi connectivity index (χ3n) is 2.75. The molecule has 0 aliphatic carbocycles. The van der Waals surface area contributed by atoms with Crippen LogP contribution in [0.1, 0.15) is 21.5 Å². The number of benzene rings is 2. The fraction of sp³-hybridized carbons (Fsp3) is 0.118. The highest BCUT2D eigenvalue weighted by Crippen LogP contribution is 2.15. The van der Waals surface area contributed by atoms with Crippen LogP contribution in [-0.2, 0) is 0 Å². The summed E-state index contributed by atoms with van der Waals surface area (Å²) in [6.45, 7) is 1.68. The van der Waals surface area contributed by atoms with Crippen molar-refractivity contribution in [1.82, 2.24) is 0 Å². The molecule has 0 radical (unpaired) electrons. The molecule has 2 aromatic carbocycles. The molecule has 0 bridgehead atoms. The third-order valence-corrected chi connectivity index (χ3v) is 3.01. The van der Waals surface area contributed by atoms with E-state index in [9.17, 15) is 4.79 Å². The lowest BCUT2D eigenvalue weighted by molar-refractivity contribution is 0.102. The van der Waals surface area contributed by atoms with Gasteiger partial charge in [-0.15, -0.1) is 0 Å². The van der Waals surface area contributed by atoms with Gasteiger partial charge >= 0.3 is 0 Å². The Labute approximate surface area is 128 Å². The van der Waals surface area contributed by atoms with Crippen molar-refractivity contribution in [2.45, 2.75) is 6.92 Å². The van der Waals surface area contributed by atoms with Gasteiger partial charge in [0.2, 0.25) is 0 Å². The second-order valence-electron chi connectivity index (χ2n) is 4.51. The molecule has 2 rings (SSSR count). The van der Waals surface area contributed by atoms with Gasteiger partial charge in [0, 0.05) is 21.8 Å². The summed E-state index contributed by atoms with van der Waals surface area (Å²) in [6, 6.07) is 12.3. The number of rotatable bonds is 2. The van der Waals surface area contributed by atoms with E-state index in [1.54, 1.807) is 36.4 Å². The van der Waals surface area contributed by atoms with Crippen molar-refractivity contribution in [2.24, 2.45) is 0 Å². The number of nitrogens with one attached hydrogen (secondary N) is 1. The molecule has 3 nitrogen and oxygen atoms in total. The van der Waals surface area contributed by atoms with E-state index in [1.807, 2.05) is 13.0 Å². The van der Waals surface area contributed by atoms with Crippen LogP contribution in [0.4, 0.5) is 5.69 Å². The van der Waals surface area contributed by atoms with E-state index in [4.69, 9.17) is 16.7 Å². The molecule has 2 aromatic rings. The molecule has 21 heavy (non-hydrogen) atoms. The molecule has 4 heteroatoms. The van der Waals surface area contributed by atoms with Crippen molar-refractivity contribution < 1.29 is 9.90 Å². The van der Waals surface area contributed by atoms with Crippen LogP contribution in [0.15, 0.2) is 42.5 Å². The zero-order valence-corrected chi connectivity index (χ0v) is 12.2. The van der Waals surface area contributed by atoms with Gasteiger partial charge < -0.3 is 10.4 Å². The Morgan fingerprint density at radius 3 is 2.62 bits per heavy atom. The highest BCUT2D eigenvalue weighted by molar-refractivity contribution is 6.30. The fourth-order valence-corrected chi connectivity index (χ4v) is 1.99. The van der Waals surface area contributed by atoms with Gasteiger partial charge in [-0.2, -0.15) is 0 Å². The number of anilines is 1. The second-order valence-corrected chi connectivity index (χ2v) is 4.95. The first-order valence-corrected chi connectivity index (χ1v) is 6.74. The van der Waals surface area contributed by atoms with Crippen LogP contribution >= 0.6 is 11.6 Å². The molecule has 0 saturated heterocycles. The van der Waals surface area contributed by atoms with Crippen molar-refractivity contribution >= 4 is 23.2 Å². The number of amides is 1. The number of aliphatic hydroxyl groups is 1. The summed E-state index contributed by atoms with van der Waals surface area (Å²) in [5.41, 5.74) is 2.83. The maximum Gasteiger partial charge on any atom is 0.255 e. The van der Waals surface area contributed by atoms with Gasteiger partial charge in [-0.3, -0.25) is 4.79 Å². The number of aliphatic hydroxyl groups excluding tert-OH is 1. The summed E-state index contributed by atoms with van der Waals surface area (Å²) >= 11 is 5.81. The molecule has 0 aliphatic heterocycles. The van der Waals surface area contributed by atoms with Crippen molar-refractivity contribution in [3.63, 3.8) is 0 Å². The average Bonchev–Trinajstić information content (AvgIpc) is 2.47. The van der Waals surface area contributed by atoms with Crippen LogP contribution in [0.3, 0.4) is 0 Å². The maximum absolute atomic E-state index is 12.2. The molecule has 0 saturated carbocycles. The molecule has 0 atom stereocenters. The fourth-order valence-electron chi connectivity index (χ4n) is 1.86. The lowest BCUT2D eigenvalue weighted by atomic mass is 10.1. The maximum atomic E-state index is 12.2. The lowest BCUT2D eigenvalue weighted by Crippen LogP contribution is -2.12. The van der Waals surface area contributed by atoms with Gasteiger partial charge in [-0.1, -0.05) is 23.4 Å². The zero-order chi connectivity index (χ0) is 15.2. The van der Waals surface area contributed by atoms with E-state index in [0.717, 1.165) is 5.56 Å². The Morgan fingerprint density at radius 2 is 1.95 bits per heavy atom. The van der Waals surface area contributed by atoms with Crippen molar-refractivity contribution in [2.75, 3.05) is 11.9 Å². The molecule has 0 fully saturated rings. The van der Waals surface area contributed by atoms with Crippen molar-refractivity contribution in [1.29, 1.82) is 0 Å². The van der Waals surface area contributed by atoms with Crippen LogP contribution in [0.5, 0.6) is 0 Å². The highest BCUT2D eigenvalue weighted by atomic mass is 35.5. The first kappa shape index (κ1) is 15.1. The van der Waals surface area contributed by atoms with Crippen LogP contribution in [-0.4, -0.2) is 17.6 Å². The number of hydrogen-bond donors (Lipinski definition) is 2. The van der Waals surface area contributed by atoms with Crippen LogP contribution in [0.2, 0.25) is 5.02 Å². The van der Waals surface area contributed by atoms with Crippen LogP contribution < -0.4 is 5.32 Å². The Hall–Kier alpha value is -2.28. The summed E-state index contributed by atoms with van der Waals surface area (Å²) in [5, 5.41) is 12.1. The Morgan fingerprint density at radius 1 is 1.24 bits per heavy atom. The molecule has 0 aromatic heterocycles. The number of aryl methyl sites for hydroxylation is 1. The minimum absolute atomic E-state index is 0.208. The zero-order valence-electron chi connectivity index (χ0n) is 11.5. The van der Waals surface area contributed by atoms with Crippen molar-refractivity contribution in [3.05, 3.63) is 64.2 Å². The van der Waals surface area contributed by atoms with E-state index in [1.165, 1.54) is 0 Å². The second kappa shape index (κ2) is 6.94. The van der Waals surface area contributed by atoms with Gasteiger partial charge in [-0.25, -0.2) is 0 Å². The number of hydrogen-bond acceptors (Lipinski definition) is 2. The summed E-state index contributed by atoms with van der Waals surface area (Å²) in [5.74, 6) is 5.16. The number of carbonyl (C=O) groups excluding carboxylic acids is 1. The number of halogens is 1. The Balaban J connectivity index is 2.22. The largest absolute Gasteiger partial charge is 0.384 e. The lowest BCUT2D eigenvalue weighted by Gasteiger charge is -2.07. The van der Waals surface area contributed by atoms with Crippen LogP contribution in [0.25, 0.3) is 0 Å². The van der Waals surface area contributed by atoms with Gasteiger partial charge in [-0.05, 0) is 55.0 Å². The molecule has 0 unspecified atom stereocenters. The van der Waals surface area contributed by atoms with E-state index >= 15 is 0 Å². The summed E-state index contributed by atoms with van der Waals surface area (Å²) < 4.78 is 0. The molecule has 0 spiro atoms. The first-order chi connectivity index (χ1) is 10.1. The molecule has 106 valence electrons. The Bertz CT molecular complexity index is 712. The van der Waals surface area contributed by atoms with Crippen LogP contribution in [0, 0.1) is 18.8 Å². The van der Waals surface area contributed by atoms with E-state index in [2.05, 4.69) is 17.2 Å². The molecular formula is C17H14ClNO2. The Kier molecular flexibility index (Phi) is 4.99. The molecule has 0 heterocycles. The standard InChI is InChI=1S/C17H14ClNO2/c1-12-9-13(3-2-8-20)11-14(10-12)17(21)19-16-6-4-15(18)5-7-16/h4-7,9-11,20H,8H2,1H3,(H,19,21). The summed E-state index contributed by atoms with van der Waals surface area (Å²) in [6.07, 6.45) is 0. The van der Waals surface area contributed by atoms with Crippen molar-refractivity contribution in [3.8, 4) is 11.8 Å². The minimum atomic E-state index is -0.215. The van der Waals surface area contributed by atoms with E-state index in [0.29, 0.717) is 21.8 Å². The smallest absolute Gasteiger partial charge is 0.255 e. The minimum Gasteiger partial charge on any atom is -0.384 e. The monoisotopic (exact) mass is 299 g/mol. The molecule has 0 aliphatic rings. The first-order valence-electron chi connectivity index (χ1n) is 6.37. The normalized spacial score (nSPS) is 9.67. The molecule has 1 amide bonds. The molecular weight excluding hydrogens is 286 g/mol. The number of carbonyl (C=O) groups is 1. The predicted octanol–water partition coefficient (Wildman–Crippen LogP) is 3.24. The predicted molar refractivity (Wildman–Crippen MR) is 84.5 cm³/mol. The van der Waals surface area contributed by atoms with Gasteiger partial charge in [0.15, 0.2) is 0 Å². The quantitative estimate of drug-likeness (QED) is 0.836. The van der Waals surface area contributed by atoms with Gasteiger partial charge in [0.25, 0.3) is 5.91 Å². The van der Waals surface area contributed by atoms with E-state index < -0.39 is 0 Å². The van der Waals surface area contributed by atoms with Gasteiger partial charge in [0.05, 0.1) is 0 Å². The summed E-state index contributed by atoms with van der Waals surface area (Å²) in [4.78, 5) is 12.2. The van der Waals surface area contributed by atoms with E-state index in [-0.39, 0.29) is 12.5 Å². The SMILES string of the molecule is Cc1cc(C#CCO)cc(C(=O)Nc2ccc(Cl)cc2)c1. The molecule has 2 N–H and O–H groups in total. The average molecular weight is 300 g/mol. The third kappa shape index (κ3) is 4.35. The van der Waals surface area contributed by atoms with Gasteiger partial charge in [0.1, 0.15) is 6.61 Å². The summed E-state index contributed by atoms with van der Waals surface area (Å²) in [7, 11) is 0.